The summed E-state index contributed by atoms with van der Waals surface area (Å²) < 4.78 is 17.0. The predicted octanol–water partition coefficient (Wildman–Crippen LogP) is 5.78. The molecule has 3 aromatic rings. The molecule has 4 rings (SSSR count). The smallest absolute Gasteiger partial charge is 0.217 e. The van der Waals surface area contributed by atoms with Gasteiger partial charge >= 0.3 is 0 Å². The zero-order valence-corrected chi connectivity index (χ0v) is 22.5. The molecule has 0 fully saturated rings. The first kappa shape index (κ1) is 26.6. The van der Waals surface area contributed by atoms with Gasteiger partial charge < -0.3 is 24.8 Å². The van der Waals surface area contributed by atoms with Crippen molar-refractivity contribution in [2.45, 2.75) is 32.4 Å². The molecule has 0 bridgehead atoms. The van der Waals surface area contributed by atoms with Crippen LogP contribution in [0.5, 0.6) is 17.2 Å². The summed E-state index contributed by atoms with van der Waals surface area (Å²) in [5.41, 5.74) is 4.31. The van der Waals surface area contributed by atoms with Gasteiger partial charge in [0, 0.05) is 19.0 Å². The van der Waals surface area contributed by atoms with E-state index in [2.05, 4.69) is 10.6 Å². The fraction of sp³-hybridized carbons (Fsp3) is 0.286. The number of nitrogens with one attached hydrogen (secondary N) is 2. The quantitative estimate of drug-likeness (QED) is 0.393. The molecule has 1 aliphatic rings. The highest BCUT2D eigenvalue weighted by Gasteiger charge is 2.29. The molecule has 9 heteroatoms. The predicted molar refractivity (Wildman–Crippen MR) is 146 cm³/mol. The number of halogens is 2. The van der Waals surface area contributed by atoms with Crippen LogP contribution < -0.4 is 30.3 Å². The summed E-state index contributed by atoms with van der Waals surface area (Å²) in [6.45, 7) is 1.84. The molecule has 37 heavy (non-hydrogen) atoms. The topological polar surface area (TPSA) is 85.9 Å². The van der Waals surface area contributed by atoms with Gasteiger partial charge in [0.2, 0.25) is 17.1 Å². The van der Waals surface area contributed by atoms with E-state index in [0.29, 0.717) is 57.9 Å². The molecule has 7 nitrogen and oxygen atoms in total. The van der Waals surface area contributed by atoms with E-state index in [4.69, 9.17) is 37.4 Å². The molecular weight excluding hydrogens is 515 g/mol. The van der Waals surface area contributed by atoms with E-state index in [1.54, 1.807) is 45.6 Å². The lowest BCUT2D eigenvalue weighted by Crippen LogP contribution is -2.26. The minimum Gasteiger partial charge on any atom is -0.493 e. The lowest BCUT2D eigenvalue weighted by Gasteiger charge is -2.19. The summed E-state index contributed by atoms with van der Waals surface area (Å²) >= 11 is 12.2. The van der Waals surface area contributed by atoms with Crippen LogP contribution in [0.2, 0.25) is 10.0 Å². The van der Waals surface area contributed by atoms with Crippen LogP contribution in [0.25, 0.3) is 11.1 Å². The second-order valence-electron chi connectivity index (χ2n) is 8.70. The van der Waals surface area contributed by atoms with Crippen molar-refractivity contribution >= 4 is 34.8 Å². The van der Waals surface area contributed by atoms with Crippen molar-refractivity contribution < 1.29 is 19.0 Å². The zero-order chi connectivity index (χ0) is 26.7. The molecule has 0 aromatic heterocycles. The summed E-state index contributed by atoms with van der Waals surface area (Å²) in [7, 11) is 4.69. The highest BCUT2D eigenvalue weighted by molar-refractivity contribution is 6.42. The number of fused-ring (bicyclic) bond motifs is 3. The van der Waals surface area contributed by atoms with Crippen molar-refractivity contribution in [3.05, 3.63) is 79.4 Å². The van der Waals surface area contributed by atoms with Crippen LogP contribution in [0, 0.1) is 0 Å². The normalized spacial score (nSPS) is 14.1. The molecule has 2 N–H and O–H groups in total. The Morgan fingerprint density at radius 2 is 1.73 bits per heavy atom. The molecule has 0 saturated carbocycles. The van der Waals surface area contributed by atoms with Crippen molar-refractivity contribution in [1.29, 1.82) is 0 Å². The van der Waals surface area contributed by atoms with Crippen LogP contribution in [0.4, 0.5) is 5.69 Å². The Kier molecular flexibility index (Phi) is 8.15. The standard InChI is InChI=1S/C28H28Cl2N2O5/c1-15(33)32-22-9-6-17-12-25(35-2)27(36-3)28(37-4)26(17)18-7-10-23(24(34)13-19(18)22)31-14-16-5-8-20(29)21(30)11-16/h5,7-8,10-13,22H,6,9,14H2,1-4H3,(H,31,34)(H,32,33). The van der Waals surface area contributed by atoms with Crippen LogP contribution in [0.3, 0.4) is 0 Å². The molecule has 0 aliphatic heterocycles. The van der Waals surface area contributed by atoms with E-state index in [-0.39, 0.29) is 17.4 Å². The lowest BCUT2D eigenvalue weighted by molar-refractivity contribution is -0.119. The van der Waals surface area contributed by atoms with Gasteiger partial charge in [0.25, 0.3) is 0 Å². The van der Waals surface area contributed by atoms with Gasteiger partial charge in [-0.05, 0) is 65.4 Å². The molecule has 0 radical (unpaired) electrons. The molecule has 1 amide bonds. The molecule has 1 unspecified atom stereocenters. The molecule has 1 atom stereocenters. The van der Waals surface area contributed by atoms with E-state index >= 15 is 0 Å². The number of hydrogen-bond donors (Lipinski definition) is 2. The maximum absolute atomic E-state index is 13.4. The second kappa shape index (κ2) is 11.3. The summed E-state index contributed by atoms with van der Waals surface area (Å²) in [6, 6.07) is 12.1. The van der Waals surface area contributed by atoms with Crippen LogP contribution in [0.15, 0.2) is 47.3 Å². The average molecular weight is 543 g/mol. The number of rotatable bonds is 7. The highest BCUT2D eigenvalue weighted by Crippen LogP contribution is 2.50. The van der Waals surface area contributed by atoms with Crippen LogP contribution in [-0.2, 0) is 17.8 Å². The number of ether oxygens (including phenoxy) is 3. The van der Waals surface area contributed by atoms with Crippen LogP contribution in [-0.4, -0.2) is 27.2 Å². The lowest BCUT2D eigenvalue weighted by atomic mass is 9.95. The Labute approximate surface area is 225 Å². The summed E-state index contributed by atoms with van der Waals surface area (Å²) in [5, 5.41) is 7.13. The van der Waals surface area contributed by atoms with Crippen molar-refractivity contribution in [2.24, 2.45) is 0 Å². The first-order valence-electron chi connectivity index (χ1n) is 11.7. The number of anilines is 1. The number of aryl methyl sites for hydroxylation is 1. The summed E-state index contributed by atoms with van der Waals surface area (Å²) in [6.07, 6.45) is 1.22. The number of methoxy groups -OCH3 is 3. The number of amides is 1. The Hall–Kier alpha value is -3.42. The van der Waals surface area contributed by atoms with Gasteiger partial charge in [0.05, 0.1) is 43.1 Å². The number of hydrogen-bond acceptors (Lipinski definition) is 6. The van der Waals surface area contributed by atoms with Crippen LogP contribution >= 0.6 is 23.2 Å². The van der Waals surface area contributed by atoms with Gasteiger partial charge in [-0.3, -0.25) is 9.59 Å². The average Bonchev–Trinajstić information content (AvgIpc) is 3.12. The number of carbonyl (C=O) groups is 1. The molecular formula is C28H28Cl2N2O5. The van der Waals surface area contributed by atoms with Crippen molar-refractivity contribution in [3.8, 4) is 28.4 Å². The van der Waals surface area contributed by atoms with Gasteiger partial charge in [-0.15, -0.1) is 0 Å². The maximum Gasteiger partial charge on any atom is 0.217 e. The molecule has 0 spiro atoms. The summed E-state index contributed by atoms with van der Waals surface area (Å²) in [4.78, 5) is 25.5. The second-order valence-corrected chi connectivity index (χ2v) is 9.51. The first-order chi connectivity index (χ1) is 17.8. The first-order valence-corrected chi connectivity index (χ1v) is 12.5. The fourth-order valence-electron chi connectivity index (χ4n) is 4.70. The Morgan fingerprint density at radius 3 is 2.38 bits per heavy atom. The monoisotopic (exact) mass is 542 g/mol. The largest absolute Gasteiger partial charge is 0.493 e. The minimum atomic E-state index is -0.371. The molecule has 0 heterocycles. The van der Waals surface area contributed by atoms with E-state index in [0.717, 1.165) is 22.3 Å². The SMILES string of the molecule is COc1cc2c(c(OC)c1OC)-c1ccc(NCc3ccc(Cl)c(Cl)c3)c(=O)cc1C(NC(C)=O)CC2. The fourth-order valence-corrected chi connectivity index (χ4v) is 5.02. The third-order valence-electron chi connectivity index (χ3n) is 6.38. The summed E-state index contributed by atoms with van der Waals surface area (Å²) in [5.74, 6) is 1.33. The van der Waals surface area contributed by atoms with Crippen molar-refractivity contribution in [1.82, 2.24) is 5.32 Å². The molecule has 3 aromatic carbocycles. The number of carbonyl (C=O) groups excluding carboxylic acids is 1. The van der Waals surface area contributed by atoms with Gasteiger partial charge in [-0.2, -0.15) is 0 Å². The van der Waals surface area contributed by atoms with E-state index < -0.39 is 0 Å². The van der Waals surface area contributed by atoms with Crippen molar-refractivity contribution in [3.63, 3.8) is 0 Å². The zero-order valence-electron chi connectivity index (χ0n) is 21.0. The number of benzene rings is 2. The molecule has 0 saturated heterocycles. The van der Waals surface area contributed by atoms with Crippen molar-refractivity contribution in [2.75, 3.05) is 26.6 Å². The van der Waals surface area contributed by atoms with Gasteiger partial charge in [0.15, 0.2) is 11.5 Å². The van der Waals surface area contributed by atoms with E-state index in [1.807, 2.05) is 18.2 Å². The highest BCUT2D eigenvalue weighted by atomic mass is 35.5. The maximum atomic E-state index is 13.4. The third-order valence-corrected chi connectivity index (χ3v) is 7.12. The van der Waals surface area contributed by atoms with Gasteiger partial charge in [0.1, 0.15) is 0 Å². The Morgan fingerprint density at radius 1 is 0.973 bits per heavy atom. The van der Waals surface area contributed by atoms with Crippen LogP contribution in [0.1, 0.15) is 36.1 Å². The molecule has 194 valence electrons. The Balaban J connectivity index is 1.88. The third kappa shape index (κ3) is 5.48. The minimum absolute atomic E-state index is 0.180. The van der Waals surface area contributed by atoms with E-state index in [9.17, 15) is 9.59 Å². The Bertz CT molecular complexity index is 1410. The molecule has 1 aliphatic carbocycles. The van der Waals surface area contributed by atoms with Gasteiger partial charge in [-0.25, -0.2) is 0 Å². The van der Waals surface area contributed by atoms with E-state index in [1.165, 1.54) is 6.92 Å². The van der Waals surface area contributed by atoms with Gasteiger partial charge in [-0.1, -0.05) is 35.3 Å².